The van der Waals surface area contributed by atoms with Crippen LogP contribution < -0.4 is 5.32 Å². The van der Waals surface area contributed by atoms with E-state index < -0.39 is 0 Å². The maximum Gasteiger partial charge on any atom is 0.314 e. The summed E-state index contributed by atoms with van der Waals surface area (Å²) < 4.78 is 4.78. The van der Waals surface area contributed by atoms with Gasteiger partial charge in [0, 0.05) is 6.54 Å². The van der Waals surface area contributed by atoms with Gasteiger partial charge in [-0.05, 0) is 25.5 Å². The second kappa shape index (κ2) is 5.59. The first-order valence-electron chi connectivity index (χ1n) is 5.29. The Bertz CT molecular complexity index is 281. The van der Waals surface area contributed by atoms with Crippen molar-refractivity contribution >= 4 is 5.97 Å². The summed E-state index contributed by atoms with van der Waals surface area (Å²) in [7, 11) is 1.43. The average molecular weight is 209 g/mol. The van der Waals surface area contributed by atoms with Crippen LogP contribution in [0.1, 0.15) is 20.3 Å². The minimum atomic E-state index is -0.167. The number of hydrogen-bond acceptors (Lipinski definition) is 3. The number of allylic oxidation sites excluding steroid dienone is 2. The van der Waals surface area contributed by atoms with Crippen LogP contribution in [0.25, 0.3) is 0 Å². The van der Waals surface area contributed by atoms with E-state index in [4.69, 9.17) is 4.74 Å². The zero-order valence-electron chi connectivity index (χ0n) is 9.62. The molecule has 0 aliphatic carbocycles. The lowest BCUT2D eigenvalue weighted by Gasteiger charge is -2.14. The quantitative estimate of drug-likeness (QED) is 0.529. The van der Waals surface area contributed by atoms with Gasteiger partial charge in [0.05, 0.1) is 13.0 Å². The number of methoxy groups -OCH3 is 1. The number of carbonyl (C=O) groups excluding carboxylic acids is 1. The predicted octanol–water partition coefficient (Wildman–Crippen LogP) is 1.86. The third kappa shape index (κ3) is 3.42. The summed E-state index contributed by atoms with van der Waals surface area (Å²) in [5, 5.41) is 3.13. The van der Waals surface area contributed by atoms with Crippen molar-refractivity contribution < 1.29 is 9.53 Å². The number of esters is 1. The van der Waals surface area contributed by atoms with Crippen molar-refractivity contribution in [1.82, 2.24) is 5.32 Å². The molecule has 1 N–H and O–H groups in total. The van der Waals surface area contributed by atoms with Crippen LogP contribution in [-0.2, 0) is 9.53 Å². The van der Waals surface area contributed by atoms with Crippen molar-refractivity contribution in [3.63, 3.8) is 0 Å². The van der Waals surface area contributed by atoms with E-state index in [0.717, 1.165) is 12.0 Å². The largest absolute Gasteiger partial charge is 0.469 e. The van der Waals surface area contributed by atoms with Gasteiger partial charge in [0.25, 0.3) is 0 Å². The van der Waals surface area contributed by atoms with Gasteiger partial charge in [-0.1, -0.05) is 24.6 Å². The maximum atomic E-state index is 11.5. The highest BCUT2D eigenvalue weighted by Crippen LogP contribution is 2.16. The fraction of sp³-hybridized carbons (Fsp3) is 0.583. The molecule has 0 aromatic heterocycles. The van der Waals surface area contributed by atoms with Crippen LogP contribution in [-0.4, -0.2) is 19.6 Å². The minimum absolute atomic E-state index is 0.162. The molecule has 84 valence electrons. The van der Waals surface area contributed by atoms with Gasteiger partial charge >= 0.3 is 5.97 Å². The Hall–Kier alpha value is -1.25. The minimum Gasteiger partial charge on any atom is -0.469 e. The lowest BCUT2D eigenvalue weighted by atomic mass is 9.98. The van der Waals surface area contributed by atoms with Gasteiger partial charge in [0.1, 0.15) is 0 Å². The summed E-state index contributed by atoms with van der Waals surface area (Å²) in [6, 6.07) is 0. The third-order valence-electron chi connectivity index (χ3n) is 2.71. The van der Waals surface area contributed by atoms with Gasteiger partial charge in [-0.3, -0.25) is 4.79 Å². The average Bonchev–Trinajstić information content (AvgIpc) is 2.31. The van der Waals surface area contributed by atoms with E-state index in [1.54, 1.807) is 0 Å². The van der Waals surface area contributed by atoms with E-state index in [-0.39, 0.29) is 11.9 Å². The summed E-state index contributed by atoms with van der Waals surface area (Å²) in [5.41, 5.74) is 1.09. The van der Waals surface area contributed by atoms with Crippen LogP contribution >= 0.6 is 0 Å². The zero-order valence-corrected chi connectivity index (χ0v) is 9.62. The predicted molar refractivity (Wildman–Crippen MR) is 60.2 cm³/mol. The molecule has 1 heterocycles. The van der Waals surface area contributed by atoms with Crippen molar-refractivity contribution in [2.75, 3.05) is 13.7 Å². The SMILES string of the molecule is COC(=O)C1CN/C=C/C(C)C/C=C/1C. The Kier molecular flexibility index (Phi) is 4.40. The Balaban J connectivity index is 2.78. The number of carbonyl (C=O) groups is 1. The standard InChI is InChI=1S/C12H19NO2/c1-9-4-5-10(2)11(12(14)15-3)8-13-7-6-9/h5-7,9,11,13H,4,8H2,1-3H3/b7-6+,10-5+. The van der Waals surface area contributed by atoms with E-state index in [0.29, 0.717) is 12.5 Å². The molecular weight excluding hydrogens is 190 g/mol. The van der Waals surface area contributed by atoms with Crippen LogP contribution in [0.5, 0.6) is 0 Å². The molecule has 2 atom stereocenters. The van der Waals surface area contributed by atoms with Crippen LogP contribution in [0.15, 0.2) is 23.9 Å². The molecule has 0 radical (unpaired) electrons. The molecule has 0 saturated carbocycles. The second-order valence-corrected chi connectivity index (χ2v) is 4.00. The number of ether oxygens (including phenoxy) is 1. The zero-order chi connectivity index (χ0) is 11.3. The Morgan fingerprint density at radius 2 is 2.33 bits per heavy atom. The highest BCUT2D eigenvalue weighted by molar-refractivity contribution is 5.75. The summed E-state index contributed by atoms with van der Waals surface area (Å²) in [4.78, 5) is 11.5. The third-order valence-corrected chi connectivity index (χ3v) is 2.71. The van der Waals surface area contributed by atoms with Gasteiger partial charge < -0.3 is 10.1 Å². The van der Waals surface area contributed by atoms with Gasteiger partial charge in [0.2, 0.25) is 0 Å². The van der Waals surface area contributed by atoms with Crippen LogP contribution in [0.3, 0.4) is 0 Å². The molecule has 2 unspecified atom stereocenters. The molecule has 0 bridgehead atoms. The first kappa shape index (κ1) is 11.8. The Morgan fingerprint density at radius 3 is 3.00 bits per heavy atom. The molecule has 1 aliphatic heterocycles. The summed E-state index contributed by atoms with van der Waals surface area (Å²) in [5.74, 6) is 0.174. The van der Waals surface area contributed by atoms with E-state index in [1.807, 2.05) is 13.1 Å². The molecule has 1 rings (SSSR count). The normalized spacial score (nSPS) is 32.3. The van der Waals surface area contributed by atoms with Crippen molar-refractivity contribution in [2.45, 2.75) is 20.3 Å². The molecule has 3 nitrogen and oxygen atoms in total. The summed E-state index contributed by atoms with van der Waals surface area (Å²) in [6.45, 7) is 4.75. The number of rotatable bonds is 1. The smallest absolute Gasteiger partial charge is 0.314 e. The molecule has 0 fully saturated rings. The van der Waals surface area contributed by atoms with Crippen molar-refractivity contribution in [3.8, 4) is 0 Å². The van der Waals surface area contributed by atoms with E-state index >= 15 is 0 Å². The Morgan fingerprint density at radius 1 is 1.60 bits per heavy atom. The molecule has 0 spiro atoms. The van der Waals surface area contributed by atoms with Crippen LogP contribution in [0.4, 0.5) is 0 Å². The molecule has 0 aromatic rings. The molecule has 15 heavy (non-hydrogen) atoms. The molecular formula is C12H19NO2. The highest BCUT2D eigenvalue weighted by atomic mass is 16.5. The number of nitrogens with one attached hydrogen (secondary N) is 1. The molecule has 0 aromatic carbocycles. The molecule has 0 saturated heterocycles. The first-order valence-corrected chi connectivity index (χ1v) is 5.29. The first-order chi connectivity index (χ1) is 7.15. The van der Waals surface area contributed by atoms with Crippen molar-refractivity contribution in [3.05, 3.63) is 23.9 Å². The lowest BCUT2D eigenvalue weighted by Crippen LogP contribution is -2.27. The van der Waals surface area contributed by atoms with Crippen LogP contribution in [0.2, 0.25) is 0 Å². The summed E-state index contributed by atoms with van der Waals surface area (Å²) >= 11 is 0. The van der Waals surface area contributed by atoms with E-state index in [2.05, 4.69) is 24.4 Å². The van der Waals surface area contributed by atoms with E-state index in [9.17, 15) is 4.79 Å². The monoisotopic (exact) mass is 209 g/mol. The topological polar surface area (TPSA) is 38.3 Å². The Labute approximate surface area is 91.2 Å². The fourth-order valence-corrected chi connectivity index (χ4v) is 1.58. The molecule has 0 amide bonds. The molecule has 1 aliphatic rings. The van der Waals surface area contributed by atoms with Crippen molar-refractivity contribution in [1.29, 1.82) is 0 Å². The number of hydrogen-bond donors (Lipinski definition) is 1. The van der Waals surface area contributed by atoms with Gasteiger partial charge in [-0.25, -0.2) is 0 Å². The van der Waals surface area contributed by atoms with Crippen LogP contribution in [0, 0.1) is 11.8 Å². The molecule has 3 heteroatoms. The lowest BCUT2D eigenvalue weighted by molar-refractivity contribution is -0.143. The van der Waals surface area contributed by atoms with Gasteiger partial charge in [-0.15, -0.1) is 0 Å². The fourth-order valence-electron chi connectivity index (χ4n) is 1.58. The van der Waals surface area contributed by atoms with Crippen molar-refractivity contribution in [2.24, 2.45) is 11.8 Å². The highest BCUT2D eigenvalue weighted by Gasteiger charge is 2.20. The van der Waals surface area contributed by atoms with Gasteiger partial charge in [0.15, 0.2) is 0 Å². The summed E-state index contributed by atoms with van der Waals surface area (Å²) in [6.07, 6.45) is 7.14. The van der Waals surface area contributed by atoms with Gasteiger partial charge in [-0.2, -0.15) is 0 Å². The van der Waals surface area contributed by atoms with E-state index in [1.165, 1.54) is 7.11 Å². The second-order valence-electron chi connectivity index (χ2n) is 4.00. The maximum absolute atomic E-state index is 11.5.